The third-order valence-electron chi connectivity index (χ3n) is 7.56. The lowest BCUT2D eigenvalue weighted by atomic mass is 9.76. The van der Waals surface area contributed by atoms with Gasteiger partial charge >= 0.3 is 18.2 Å². The molecule has 1 saturated carbocycles. The lowest BCUT2D eigenvalue weighted by Gasteiger charge is -2.48. The quantitative estimate of drug-likeness (QED) is 0.637. The Balaban J connectivity index is 1.22. The van der Waals surface area contributed by atoms with E-state index in [1.165, 1.54) is 0 Å². The van der Waals surface area contributed by atoms with Gasteiger partial charge in [0.1, 0.15) is 17.7 Å². The van der Waals surface area contributed by atoms with Crippen LogP contribution >= 0.6 is 0 Å². The first-order valence-corrected chi connectivity index (χ1v) is 12.4. The van der Waals surface area contributed by atoms with Crippen LogP contribution in [0.3, 0.4) is 0 Å². The minimum Gasteiger partial charge on any atom is -0.480 e. The number of ether oxygens (including phenoxy) is 2. The molecule has 1 saturated heterocycles. The Morgan fingerprint density at radius 2 is 1.58 bits per heavy atom. The molecule has 1 atom stereocenters. The van der Waals surface area contributed by atoms with Gasteiger partial charge < -0.3 is 24.8 Å². The van der Waals surface area contributed by atoms with Gasteiger partial charge in [0.05, 0.1) is 0 Å². The summed E-state index contributed by atoms with van der Waals surface area (Å²) in [4.78, 5) is 39.1. The highest BCUT2D eigenvalue weighted by atomic mass is 16.6. The van der Waals surface area contributed by atoms with E-state index in [0.717, 1.165) is 22.3 Å². The zero-order chi connectivity index (χ0) is 25.7. The number of carbonyl (C=O) groups excluding carboxylic acids is 2. The Bertz CT molecular complexity index is 1170. The second-order valence-electron chi connectivity index (χ2n) is 11.4. The lowest BCUT2D eigenvalue weighted by Crippen LogP contribution is -2.61. The monoisotopic (exact) mass is 492 g/mol. The second kappa shape index (κ2) is 8.54. The minimum atomic E-state index is -1.41. The molecule has 1 spiro atoms. The van der Waals surface area contributed by atoms with E-state index >= 15 is 0 Å². The standard InChI is InChI=1S/C28H32N2O6/c1-26(2,3)36-25(34)30-16-27(17-30)12-13-28(15-27,23(31)32)29-24(33)35-14-22-20-10-6-4-8-18(20)19-9-5-7-11-21(19)22/h4-11,22H,12-17H2,1-3H3,(H,29,33)(H,31,32). The van der Waals surface area contributed by atoms with E-state index in [0.29, 0.717) is 19.5 Å². The van der Waals surface area contributed by atoms with Crippen LogP contribution in [0, 0.1) is 5.41 Å². The summed E-state index contributed by atoms with van der Waals surface area (Å²) in [5, 5.41) is 12.7. The fourth-order valence-electron chi connectivity index (χ4n) is 5.96. The molecule has 1 unspecified atom stereocenters. The fraction of sp³-hybridized carbons (Fsp3) is 0.464. The topological polar surface area (TPSA) is 105 Å². The average molecular weight is 493 g/mol. The number of carboxylic acids is 1. The van der Waals surface area contributed by atoms with E-state index in [1.54, 1.807) is 4.90 Å². The molecule has 2 aromatic rings. The molecule has 2 aromatic carbocycles. The summed E-state index contributed by atoms with van der Waals surface area (Å²) in [6.07, 6.45) is 0.000504. The van der Waals surface area contributed by atoms with Crippen LogP contribution in [-0.4, -0.2) is 59.0 Å². The summed E-state index contributed by atoms with van der Waals surface area (Å²) in [6, 6.07) is 16.1. The highest BCUT2D eigenvalue weighted by Crippen LogP contribution is 2.50. The van der Waals surface area contributed by atoms with Gasteiger partial charge in [-0.25, -0.2) is 14.4 Å². The highest BCUT2D eigenvalue weighted by molar-refractivity contribution is 5.85. The van der Waals surface area contributed by atoms with Crippen LogP contribution in [0.5, 0.6) is 0 Å². The Hall–Kier alpha value is -3.55. The predicted octanol–water partition coefficient (Wildman–Crippen LogP) is 4.77. The van der Waals surface area contributed by atoms with Crippen molar-refractivity contribution in [3.8, 4) is 11.1 Å². The summed E-state index contributed by atoms with van der Waals surface area (Å²) >= 11 is 0. The molecule has 8 nitrogen and oxygen atoms in total. The Morgan fingerprint density at radius 1 is 1.00 bits per heavy atom. The number of rotatable bonds is 4. The molecule has 2 aliphatic carbocycles. The van der Waals surface area contributed by atoms with Crippen LogP contribution in [0.15, 0.2) is 48.5 Å². The van der Waals surface area contributed by atoms with Crippen molar-refractivity contribution in [1.29, 1.82) is 0 Å². The summed E-state index contributed by atoms with van der Waals surface area (Å²) in [5.74, 6) is -1.18. The van der Waals surface area contributed by atoms with Crippen molar-refractivity contribution < 1.29 is 29.0 Å². The summed E-state index contributed by atoms with van der Waals surface area (Å²) < 4.78 is 11.0. The van der Waals surface area contributed by atoms with Crippen molar-refractivity contribution in [3.05, 3.63) is 59.7 Å². The van der Waals surface area contributed by atoms with Crippen molar-refractivity contribution in [2.75, 3.05) is 19.7 Å². The number of amides is 2. The van der Waals surface area contributed by atoms with Gasteiger partial charge in [-0.15, -0.1) is 0 Å². The van der Waals surface area contributed by atoms with Gasteiger partial charge in [0.25, 0.3) is 0 Å². The van der Waals surface area contributed by atoms with Crippen LogP contribution in [0.1, 0.15) is 57.1 Å². The maximum absolute atomic E-state index is 12.9. The normalized spacial score (nSPS) is 21.9. The van der Waals surface area contributed by atoms with Gasteiger partial charge in [-0.2, -0.15) is 0 Å². The number of hydrogen-bond acceptors (Lipinski definition) is 5. The molecule has 0 radical (unpaired) electrons. The lowest BCUT2D eigenvalue weighted by molar-refractivity contribution is -0.145. The van der Waals surface area contributed by atoms with Gasteiger partial charge in [-0.1, -0.05) is 48.5 Å². The van der Waals surface area contributed by atoms with Crippen LogP contribution in [0.4, 0.5) is 9.59 Å². The number of hydrogen-bond donors (Lipinski definition) is 2. The second-order valence-corrected chi connectivity index (χ2v) is 11.4. The first kappa shape index (κ1) is 24.2. The smallest absolute Gasteiger partial charge is 0.410 e. The zero-order valence-corrected chi connectivity index (χ0v) is 20.9. The maximum Gasteiger partial charge on any atom is 0.410 e. The first-order valence-electron chi connectivity index (χ1n) is 12.4. The van der Waals surface area contributed by atoms with Crippen molar-refractivity contribution in [3.63, 3.8) is 0 Å². The van der Waals surface area contributed by atoms with Crippen molar-refractivity contribution in [1.82, 2.24) is 10.2 Å². The molecule has 5 rings (SSSR count). The largest absolute Gasteiger partial charge is 0.480 e. The molecule has 1 aliphatic heterocycles. The minimum absolute atomic E-state index is 0.104. The first-order chi connectivity index (χ1) is 17.0. The number of likely N-dealkylation sites (tertiary alicyclic amines) is 1. The van der Waals surface area contributed by atoms with E-state index in [9.17, 15) is 19.5 Å². The molecule has 2 N–H and O–H groups in total. The molecule has 2 amide bonds. The third-order valence-corrected chi connectivity index (χ3v) is 7.56. The maximum atomic E-state index is 12.9. The van der Waals surface area contributed by atoms with E-state index in [2.05, 4.69) is 17.4 Å². The van der Waals surface area contributed by atoms with Crippen molar-refractivity contribution >= 4 is 18.2 Å². The number of carbonyl (C=O) groups is 3. The molecule has 36 heavy (non-hydrogen) atoms. The molecule has 8 heteroatoms. The number of aliphatic carboxylic acids is 1. The molecule has 190 valence electrons. The number of benzene rings is 2. The summed E-state index contributed by atoms with van der Waals surface area (Å²) in [6.45, 7) is 6.39. The summed E-state index contributed by atoms with van der Waals surface area (Å²) in [5.41, 5.74) is 2.09. The molecule has 0 bridgehead atoms. The third kappa shape index (κ3) is 4.29. The van der Waals surface area contributed by atoms with Gasteiger partial charge in [-0.05, 0) is 62.3 Å². The van der Waals surface area contributed by atoms with E-state index in [-0.39, 0.29) is 30.8 Å². The Kier molecular flexibility index (Phi) is 5.73. The number of nitrogens with zero attached hydrogens (tertiary/aromatic N) is 1. The van der Waals surface area contributed by atoms with Crippen molar-refractivity contribution in [2.24, 2.45) is 5.41 Å². The van der Waals surface area contributed by atoms with Gasteiger partial charge in [0.2, 0.25) is 0 Å². The van der Waals surface area contributed by atoms with E-state index in [4.69, 9.17) is 9.47 Å². The fourth-order valence-corrected chi connectivity index (χ4v) is 5.96. The van der Waals surface area contributed by atoms with Crippen LogP contribution in [0.2, 0.25) is 0 Å². The van der Waals surface area contributed by atoms with Gasteiger partial charge in [0.15, 0.2) is 0 Å². The number of fused-ring (bicyclic) bond motifs is 3. The molecular weight excluding hydrogens is 460 g/mol. The number of carboxylic acid groups (broad SMARTS) is 1. The number of alkyl carbamates (subject to hydrolysis) is 1. The zero-order valence-electron chi connectivity index (χ0n) is 20.9. The van der Waals surface area contributed by atoms with Crippen LogP contribution in [-0.2, 0) is 14.3 Å². The predicted molar refractivity (Wildman–Crippen MR) is 133 cm³/mol. The van der Waals surface area contributed by atoms with Gasteiger partial charge in [-0.3, -0.25) is 0 Å². The van der Waals surface area contributed by atoms with Gasteiger partial charge in [0, 0.05) is 24.4 Å². The average Bonchev–Trinajstić information content (AvgIpc) is 3.33. The van der Waals surface area contributed by atoms with Crippen LogP contribution in [0.25, 0.3) is 11.1 Å². The summed E-state index contributed by atoms with van der Waals surface area (Å²) in [7, 11) is 0. The molecule has 1 heterocycles. The number of nitrogens with one attached hydrogen (secondary N) is 1. The van der Waals surface area contributed by atoms with E-state index in [1.807, 2.05) is 57.2 Å². The molecule has 3 aliphatic rings. The SMILES string of the molecule is CC(C)(C)OC(=O)N1CC2(CCC(NC(=O)OCC3c4ccccc4-c4ccccc43)(C(=O)O)C2)C1. The van der Waals surface area contributed by atoms with Crippen molar-refractivity contribution in [2.45, 2.75) is 57.1 Å². The highest BCUT2D eigenvalue weighted by Gasteiger charge is 2.59. The molecule has 0 aromatic heterocycles. The Labute approximate surface area is 210 Å². The van der Waals surface area contributed by atoms with E-state index < -0.39 is 29.3 Å². The molecule has 2 fully saturated rings. The Morgan fingerprint density at radius 3 is 2.14 bits per heavy atom. The molecular formula is C28H32N2O6. The van der Waals surface area contributed by atoms with Crippen LogP contribution < -0.4 is 5.32 Å².